The summed E-state index contributed by atoms with van der Waals surface area (Å²) < 4.78 is 5.85. The third-order valence-electron chi connectivity index (χ3n) is 5.70. The number of aromatic nitrogens is 3. The van der Waals surface area contributed by atoms with Gasteiger partial charge in [0.1, 0.15) is 24.2 Å². The number of hydrogen-bond donors (Lipinski definition) is 3. The normalized spacial score (nSPS) is 15.9. The quantitative estimate of drug-likeness (QED) is 0.494. The number of amides is 2. The lowest BCUT2D eigenvalue weighted by Gasteiger charge is -2.21. The van der Waals surface area contributed by atoms with Crippen LogP contribution in [0.4, 0.5) is 5.69 Å². The summed E-state index contributed by atoms with van der Waals surface area (Å²) in [5.74, 6) is 0.233. The summed E-state index contributed by atoms with van der Waals surface area (Å²) in [5, 5.41) is 19.5. The van der Waals surface area contributed by atoms with Crippen LogP contribution < -0.4 is 15.0 Å². The highest BCUT2D eigenvalue weighted by Gasteiger charge is 2.32. The van der Waals surface area contributed by atoms with Crippen LogP contribution in [0.1, 0.15) is 47.8 Å². The maximum Gasteiger partial charge on any atom is 0.291 e. The van der Waals surface area contributed by atoms with Gasteiger partial charge in [-0.15, -0.1) is 5.10 Å². The molecule has 1 atom stereocenters. The highest BCUT2D eigenvalue weighted by Crippen LogP contribution is 2.32. The number of hydrogen-bond acceptors (Lipinski definition) is 6. The van der Waals surface area contributed by atoms with Gasteiger partial charge in [-0.2, -0.15) is 0 Å². The zero-order valence-corrected chi connectivity index (χ0v) is 19.5. The SMILES string of the molecule is CN1C(=O)[C@H](NC(=O)c2n[nH]c(Cc3ccccc3)n2)COc2ccc(CCC(C)(C)O)cc21. The molecule has 0 unspecified atom stereocenters. The molecule has 0 aliphatic carbocycles. The van der Waals surface area contributed by atoms with E-state index in [4.69, 9.17) is 4.74 Å². The van der Waals surface area contributed by atoms with Crippen LogP contribution in [0, 0.1) is 0 Å². The van der Waals surface area contributed by atoms with Crippen LogP contribution >= 0.6 is 0 Å². The summed E-state index contributed by atoms with van der Waals surface area (Å²) in [5.41, 5.74) is 1.87. The van der Waals surface area contributed by atoms with Crippen molar-refractivity contribution < 1.29 is 19.4 Å². The zero-order valence-electron chi connectivity index (χ0n) is 19.5. The van der Waals surface area contributed by atoms with Gasteiger partial charge in [0.25, 0.3) is 11.8 Å². The largest absolute Gasteiger partial charge is 0.489 e. The number of aromatic amines is 1. The number of carbonyl (C=O) groups excluding carboxylic acids is 2. The number of aliphatic hydroxyl groups is 1. The predicted octanol–water partition coefficient (Wildman–Crippen LogP) is 2.25. The molecule has 1 aromatic heterocycles. The van der Waals surface area contributed by atoms with E-state index in [1.807, 2.05) is 48.5 Å². The number of aryl methyl sites for hydroxylation is 1. The van der Waals surface area contributed by atoms with Gasteiger partial charge in [-0.05, 0) is 49.9 Å². The summed E-state index contributed by atoms with van der Waals surface area (Å²) in [6, 6.07) is 14.5. The van der Waals surface area contributed by atoms with Crippen LogP contribution in [0.2, 0.25) is 0 Å². The van der Waals surface area contributed by atoms with E-state index in [1.165, 1.54) is 4.90 Å². The maximum atomic E-state index is 13.1. The van der Waals surface area contributed by atoms with Crippen molar-refractivity contribution in [2.75, 3.05) is 18.6 Å². The zero-order chi connectivity index (χ0) is 24.3. The van der Waals surface area contributed by atoms with E-state index in [9.17, 15) is 14.7 Å². The highest BCUT2D eigenvalue weighted by molar-refractivity contribution is 6.02. The van der Waals surface area contributed by atoms with Crippen molar-refractivity contribution in [2.45, 2.75) is 44.8 Å². The number of carbonyl (C=O) groups is 2. The first-order valence-electron chi connectivity index (χ1n) is 11.2. The second-order valence-electron chi connectivity index (χ2n) is 9.12. The number of rotatable bonds is 7. The van der Waals surface area contributed by atoms with Crippen molar-refractivity contribution >= 4 is 17.5 Å². The van der Waals surface area contributed by atoms with E-state index in [1.54, 1.807) is 20.9 Å². The second-order valence-corrected chi connectivity index (χ2v) is 9.12. The molecule has 3 N–H and O–H groups in total. The van der Waals surface area contributed by atoms with Crippen molar-refractivity contribution in [2.24, 2.45) is 0 Å². The van der Waals surface area contributed by atoms with Crippen LogP contribution in [0.15, 0.2) is 48.5 Å². The van der Waals surface area contributed by atoms with Crippen LogP contribution in [0.25, 0.3) is 0 Å². The number of nitrogens with zero attached hydrogens (tertiary/aromatic N) is 3. The number of H-pyrrole nitrogens is 1. The minimum Gasteiger partial charge on any atom is -0.489 e. The molecule has 0 saturated carbocycles. The number of benzene rings is 2. The third kappa shape index (κ3) is 5.60. The van der Waals surface area contributed by atoms with Gasteiger partial charge in [-0.25, -0.2) is 4.98 Å². The molecule has 9 heteroatoms. The predicted molar refractivity (Wildman–Crippen MR) is 127 cm³/mol. The molecule has 2 aromatic carbocycles. The fraction of sp³-hybridized carbons (Fsp3) is 0.360. The van der Waals surface area contributed by atoms with Crippen LogP contribution in [0.5, 0.6) is 5.75 Å². The lowest BCUT2D eigenvalue weighted by molar-refractivity contribution is -0.120. The molecule has 0 spiro atoms. The Morgan fingerprint density at radius 2 is 2.00 bits per heavy atom. The second kappa shape index (κ2) is 9.64. The standard InChI is InChI=1S/C25H29N5O4/c1-25(2,33)12-11-17-9-10-20-19(13-17)30(3)24(32)18(15-34-20)26-23(31)22-27-21(28-29-22)14-16-7-5-4-6-8-16/h4-10,13,18,33H,11-12,14-15H2,1-3H3,(H,26,31)(H,27,28,29)/t18-/m1/s1. The van der Waals surface area contributed by atoms with Crippen molar-refractivity contribution in [3.8, 4) is 5.75 Å². The minimum atomic E-state index is -0.888. The number of nitrogens with one attached hydrogen (secondary N) is 2. The lowest BCUT2D eigenvalue weighted by Crippen LogP contribution is -2.49. The fourth-order valence-electron chi connectivity index (χ4n) is 3.74. The average Bonchev–Trinajstić information content (AvgIpc) is 3.24. The van der Waals surface area contributed by atoms with Gasteiger partial charge in [0.2, 0.25) is 5.82 Å². The van der Waals surface area contributed by atoms with Crippen molar-refractivity contribution in [1.82, 2.24) is 20.5 Å². The Hall–Kier alpha value is -3.72. The molecule has 0 saturated heterocycles. The molecule has 178 valence electrons. The lowest BCUT2D eigenvalue weighted by atomic mass is 9.98. The smallest absolute Gasteiger partial charge is 0.291 e. The molecule has 4 rings (SSSR count). The van der Waals surface area contributed by atoms with Gasteiger partial charge in [-0.1, -0.05) is 36.4 Å². The van der Waals surface area contributed by atoms with Crippen molar-refractivity contribution in [3.05, 3.63) is 71.3 Å². The summed E-state index contributed by atoms with van der Waals surface area (Å²) in [4.78, 5) is 31.6. The number of anilines is 1. The van der Waals surface area contributed by atoms with E-state index in [-0.39, 0.29) is 18.3 Å². The molecule has 0 radical (unpaired) electrons. The Labute approximate surface area is 198 Å². The maximum absolute atomic E-state index is 13.1. The number of ether oxygens (including phenoxy) is 1. The molecule has 0 fully saturated rings. The molecule has 2 heterocycles. The molecular formula is C25H29N5O4. The first kappa shape index (κ1) is 23.4. The Morgan fingerprint density at radius 3 is 2.74 bits per heavy atom. The van der Waals surface area contributed by atoms with Gasteiger partial charge in [0, 0.05) is 13.5 Å². The summed E-state index contributed by atoms with van der Waals surface area (Å²) in [6.45, 7) is 3.52. The summed E-state index contributed by atoms with van der Waals surface area (Å²) in [7, 11) is 1.65. The molecule has 34 heavy (non-hydrogen) atoms. The van der Waals surface area contributed by atoms with Gasteiger partial charge in [0.15, 0.2) is 0 Å². The fourth-order valence-corrected chi connectivity index (χ4v) is 3.74. The van der Waals surface area contributed by atoms with Gasteiger partial charge < -0.3 is 20.1 Å². The van der Waals surface area contributed by atoms with Gasteiger partial charge in [-0.3, -0.25) is 14.7 Å². The molecule has 0 bridgehead atoms. The Balaban J connectivity index is 1.42. The summed E-state index contributed by atoms with van der Waals surface area (Å²) in [6.07, 6.45) is 1.77. The van der Waals surface area contributed by atoms with Crippen molar-refractivity contribution in [1.29, 1.82) is 0 Å². The van der Waals surface area contributed by atoms with Crippen LogP contribution in [-0.4, -0.2) is 57.4 Å². The third-order valence-corrected chi connectivity index (χ3v) is 5.70. The van der Waals surface area contributed by atoms with E-state index < -0.39 is 17.6 Å². The molecule has 2 amide bonds. The topological polar surface area (TPSA) is 120 Å². The van der Waals surface area contributed by atoms with Gasteiger partial charge in [0.05, 0.1) is 11.3 Å². The molecule has 1 aliphatic rings. The first-order valence-corrected chi connectivity index (χ1v) is 11.2. The monoisotopic (exact) mass is 463 g/mol. The number of fused-ring (bicyclic) bond motifs is 1. The van der Waals surface area contributed by atoms with Crippen LogP contribution in [0.3, 0.4) is 0 Å². The van der Waals surface area contributed by atoms with Crippen LogP contribution in [-0.2, 0) is 17.6 Å². The Bertz CT molecular complexity index is 1170. The Morgan fingerprint density at radius 1 is 1.24 bits per heavy atom. The molecule has 3 aromatic rings. The first-order chi connectivity index (χ1) is 16.2. The average molecular weight is 464 g/mol. The molecular weight excluding hydrogens is 434 g/mol. The summed E-state index contributed by atoms with van der Waals surface area (Å²) >= 11 is 0. The van der Waals surface area contributed by atoms with Gasteiger partial charge >= 0.3 is 0 Å². The highest BCUT2D eigenvalue weighted by atomic mass is 16.5. The minimum absolute atomic E-state index is 0.00771. The molecule has 1 aliphatic heterocycles. The molecule has 9 nitrogen and oxygen atoms in total. The number of likely N-dealkylation sites (N-methyl/N-ethyl adjacent to an activating group) is 1. The van der Waals surface area contributed by atoms with E-state index in [0.29, 0.717) is 36.5 Å². The van der Waals surface area contributed by atoms with E-state index in [0.717, 1.165) is 11.1 Å². The van der Waals surface area contributed by atoms with E-state index in [2.05, 4.69) is 20.5 Å². The van der Waals surface area contributed by atoms with Crippen molar-refractivity contribution in [3.63, 3.8) is 0 Å². The Kier molecular flexibility index (Phi) is 6.65. The van der Waals surface area contributed by atoms with E-state index >= 15 is 0 Å².